The van der Waals surface area contributed by atoms with Gasteiger partial charge in [-0.15, -0.1) is 0 Å². The fraction of sp³-hybridized carbons (Fsp3) is 0.611. The zero-order chi connectivity index (χ0) is 14.0. The van der Waals surface area contributed by atoms with Crippen molar-refractivity contribution in [1.82, 2.24) is 0 Å². The summed E-state index contributed by atoms with van der Waals surface area (Å²) in [5.74, 6) is 0. The van der Waals surface area contributed by atoms with Crippen LogP contribution in [-0.2, 0) is 4.79 Å². The monoisotopic (exact) mass is 262 g/mol. The third-order valence-corrected chi connectivity index (χ3v) is 3.13. The predicted octanol–water partition coefficient (Wildman–Crippen LogP) is 5.77. The van der Waals surface area contributed by atoms with Crippen LogP contribution in [0.3, 0.4) is 0 Å². The largest absolute Gasteiger partial charge is 0.299 e. The van der Waals surface area contributed by atoms with Gasteiger partial charge in [0.2, 0.25) is 0 Å². The van der Waals surface area contributed by atoms with Crippen molar-refractivity contribution in [3.05, 3.63) is 36.5 Å². The first-order valence-corrected chi connectivity index (χ1v) is 7.85. The zero-order valence-electron chi connectivity index (χ0n) is 12.5. The van der Waals surface area contributed by atoms with Gasteiger partial charge < -0.3 is 0 Å². The van der Waals surface area contributed by atoms with Crippen LogP contribution < -0.4 is 0 Å². The maximum Gasteiger partial charge on any atom is 0.142 e. The van der Waals surface area contributed by atoms with Crippen LogP contribution in [0.5, 0.6) is 0 Å². The average molecular weight is 262 g/mol. The molecule has 0 saturated carbocycles. The minimum absolute atomic E-state index is 0.788. The Balaban J connectivity index is 3.17. The lowest BCUT2D eigenvalue weighted by atomic mass is 10.1. The second kappa shape index (κ2) is 16.9. The second-order valence-electron chi connectivity index (χ2n) is 4.95. The van der Waals surface area contributed by atoms with Crippen LogP contribution in [0.15, 0.2) is 36.5 Å². The lowest BCUT2D eigenvalue weighted by Crippen LogP contribution is -1.80. The van der Waals surface area contributed by atoms with E-state index < -0.39 is 0 Å². The molecule has 1 heteroatoms. The summed E-state index contributed by atoms with van der Waals surface area (Å²) in [6.07, 6.45) is 25.7. The quantitative estimate of drug-likeness (QED) is 0.178. The highest BCUT2D eigenvalue weighted by molar-refractivity contribution is 5.65. The predicted molar refractivity (Wildman–Crippen MR) is 85.3 cm³/mol. The molecule has 0 radical (unpaired) electrons. The van der Waals surface area contributed by atoms with Gasteiger partial charge in [-0.05, 0) is 18.9 Å². The molecule has 0 saturated heterocycles. The molecular formula is C18H30O. The van der Waals surface area contributed by atoms with Crippen molar-refractivity contribution >= 4 is 6.29 Å². The van der Waals surface area contributed by atoms with E-state index in [4.69, 9.17) is 0 Å². The highest BCUT2D eigenvalue weighted by Crippen LogP contribution is 2.10. The molecule has 0 rings (SSSR count). The Kier molecular flexibility index (Phi) is 15.9. The van der Waals surface area contributed by atoms with Gasteiger partial charge in [0.25, 0.3) is 0 Å². The smallest absolute Gasteiger partial charge is 0.142 e. The number of carbonyl (C=O) groups excluding carboxylic acids is 1. The van der Waals surface area contributed by atoms with Crippen LogP contribution in [0.2, 0.25) is 0 Å². The van der Waals surface area contributed by atoms with Crippen LogP contribution in [-0.4, -0.2) is 6.29 Å². The van der Waals surface area contributed by atoms with Crippen molar-refractivity contribution in [2.24, 2.45) is 0 Å². The Labute approximate surface area is 119 Å². The van der Waals surface area contributed by atoms with Gasteiger partial charge in [0.15, 0.2) is 0 Å². The van der Waals surface area contributed by atoms with E-state index in [9.17, 15) is 4.79 Å². The summed E-state index contributed by atoms with van der Waals surface area (Å²) < 4.78 is 0. The first-order chi connectivity index (χ1) is 9.41. The number of hydrogen-bond acceptors (Lipinski definition) is 1. The van der Waals surface area contributed by atoms with Crippen molar-refractivity contribution in [1.29, 1.82) is 0 Å². The molecule has 0 fully saturated rings. The first-order valence-electron chi connectivity index (χ1n) is 7.85. The molecule has 0 unspecified atom stereocenters. The van der Waals surface area contributed by atoms with Gasteiger partial charge in [-0.1, -0.05) is 88.7 Å². The van der Waals surface area contributed by atoms with Crippen LogP contribution in [0.1, 0.15) is 71.1 Å². The molecule has 0 atom stereocenters. The number of hydrogen-bond donors (Lipinski definition) is 0. The van der Waals surface area contributed by atoms with Crippen LogP contribution in [0.25, 0.3) is 0 Å². The molecule has 0 amide bonds. The van der Waals surface area contributed by atoms with Crippen molar-refractivity contribution in [2.45, 2.75) is 71.1 Å². The van der Waals surface area contributed by atoms with Crippen LogP contribution in [0.4, 0.5) is 0 Å². The number of unbranched alkanes of at least 4 members (excludes halogenated alkanes) is 9. The summed E-state index contributed by atoms with van der Waals surface area (Å²) in [6.45, 7) is 2.27. The number of carbonyl (C=O) groups is 1. The van der Waals surface area contributed by atoms with Crippen LogP contribution in [0, 0.1) is 0 Å². The number of aldehydes is 1. The summed E-state index contributed by atoms with van der Waals surface area (Å²) in [6, 6.07) is 0. The van der Waals surface area contributed by atoms with Gasteiger partial charge in [-0.2, -0.15) is 0 Å². The van der Waals surface area contributed by atoms with Gasteiger partial charge >= 0.3 is 0 Å². The third-order valence-electron chi connectivity index (χ3n) is 3.13. The SMILES string of the molecule is CCCCCCCCCCCC=CC=CC=CC=O. The summed E-state index contributed by atoms with van der Waals surface area (Å²) >= 11 is 0. The first kappa shape index (κ1) is 17.9. The van der Waals surface area contributed by atoms with Crippen molar-refractivity contribution in [3.8, 4) is 0 Å². The normalized spacial score (nSPS) is 12.1. The van der Waals surface area contributed by atoms with Gasteiger partial charge in [0.05, 0.1) is 0 Å². The second-order valence-corrected chi connectivity index (χ2v) is 4.95. The molecule has 0 aromatic carbocycles. The lowest BCUT2D eigenvalue weighted by Gasteiger charge is -2.00. The fourth-order valence-electron chi connectivity index (χ4n) is 1.99. The van der Waals surface area contributed by atoms with E-state index in [2.05, 4.69) is 19.1 Å². The molecule has 0 aliphatic carbocycles. The fourth-order valence-corrected chi connectivity index (χ4v) is 1.99. The van der Waals surface area contributed by atoms with Gasteiger partial charge in [0, 0.05) is 0 Å². The Bertz CT molecular complexity index is 261. The molecule has 0 bridgehead atoms. The lowest BCUT2D eigenvalue weighted by molar-refractivity contribution is -0.104. The third kappa shape index (κ3) is 16.9. The number of allylic oxidation sites excluding steroid dienone is 6. The van der Waals surface area contributed by atoms with E-state index in [1.165, 1.54) is 63.9 Å². The zero-order valence-corrected chi connectivity index (χ0v) is 12.5. The van der Waals surface area contributed by atoms with Gasteiger partial charge in [-0.3, -0.25) is 4.79 Å². The molecule has 0 N–H and O–H groups in total. The maximum absolute atomic E-state index is 10.0. The van der Waals surface area contributed by atoms with E-state index >= 15 is 0 Å². The molecule has 0 spiro atoms. The highest BCUT2D eigenvalue weighted by atomic mass is 16.1. The number of rotatable bonds is 13. The molecule has 0 aromatic heterocycles. The Hall–Kier alpha value is -1.11. The topological polar surface area (TPSA) is 17.1 Å². The standard InChI is InChI=1S/C18H30O/c1-2-3-4-5-6-7-8-9-10-11-12-13-14-15-16-17-18-19/h12-18H,2-11H2,1H3. The van der Waals surface area contributed by atoms with E-state index in [0.29, 0.717) is 0 Å². The summed E-state index contributed by atoms with van der Waals surface area (Å²) in [4.78, 5) is 10.0. The van der Waals surface area contributed by atoms with E-state index in [-0.39, 0.29) is 0 Å². The summed E-state index contributed by atoms with van der Waals surface area (Å²) in [7, 11) is 0. The van der Waals surface area contributed by atoms with Crippen molar-refractivity contribution in [2.75, 3.05) is 0 Å². The van der Waals surface area contributed by atoms with Crippen molar-refractivity contribution < 1.29 is 4.79 Å². The Morgan fingerprint density at radius 1 is 0.632 bits per heavy atom. The van der Waals surface area contributed by atoms with Crippen LogP contribution >= 0.6 is 0 Å². The molecular weight excluding hydrogens is 232 g/mol. The Morgan fingerprint density at radius 2 is 1.16 bits per heavy atom. The molecule has 19 heavy (non-hydrogen) atoms. The minimum atomic E-state index is 0.788. The molecule has 0 aliphatic rings. The molecule has 0 aliphatic heterocycles. The van der Waals surface area contributed by atoms with Gasteiger partial charge in [0.1, 0.15) is 6.29 Å². The Morgan fingerprint density at radius 3 is 1.79 bits per heavy atom. The summed E-state index contributed by atoms with van der Waals surface area (Å²) in [5.41, 5.74) is 0. The minimum Gasteiger partial charge on any atom is -0.299 e. The summed E-state index contributed by atoms with van der Waals surface area (Å²) in [5, 5.41) is 0. The molecule has 0 heterocycles. The highest BCUT2D eigenvalue weighted by Gasteiger charge is 1.90. The molecule has 0 aromatic rings. The average Bonchev–Trinajstić information content (AvgIpc) is 2.43. The van der Waals surface area contributed by atoms with E-state index in [1.807, 2.05) is 12.2 Å². The van der Waals surface area contributed by atoms with E-state index in [1.54, 1.807) is 6.08 Å². The molecule has 108 valence electrons. The maximum atomic E-state index is 10.0. The molecule has 1 nitrogen and oxygen atoms in total. The van der Waals surface area contributed by atoms with E-state index in [0.717, 1.165) is 12.7 Å². The van der Waals surface area contributed by atoms with Gasteiger partial charge in [-0.25, -0.2) is 0 Å². The van der Waals surface area contributed by atoms with Crippen molar-refractivity contribution in [3.63, 3.8) is 0 Å².